The number of hydrogen-bond acceptors (Lipinski definition) is 2. The lowest BCUT2D eigenvalue weighted by atomic mass is 10.1. The Morgan fingerprint density at radius 2 is 2.24 bits per heavy atom. The van der Waals surface area contributed by atoms with Gasteiger partial charge in [-0.2, -0.15) is 0 Å². The minimum Gasteiger partial charge on any atom is -0.311 e. The molecule has 1 aliphatic rings. The minimum atomic E-state index is -0.182. The van der Waals surface area contributed by atoms with E-state index in [1.165, 1.54) is 6.07 Å². The highest BCUT2D eigenvalue weighted by Gasteiger charge is 2.23. The van der Waals surface area contributed by atoms with Gasteiger partial charge in [0.2, 0.25) is 0 Å². The van der Waals surface area contributed by atoms with Crippen molar-refractivity contribution in [2.75, 3.05) is 13.1 Å². The third-order valence-corrected chi connectivity index (χ3v) is 4.19. The van der Waals surface area contributed by atoms with Crippen LogP contribution in [0.2, 0.25) is 0 Å². The highest BCUT2D eigenvalue weighted by Crippen LogP contribution is 2.23. The number of benzene rings is 1. The van der Waals surface area contributed by atoms with Crippen LogP contribution >= 0.6 is 15.9 Å². The second-order valence-corrected chi connectivity index (χ2v) is 5.59. The molecule has 2 rings (SSSR count). The molecule has 2 nitrogen and oxygen atoms in total. The molecule has 2 atom stereocenters. The predicted octanol–water partition coefficient (Wildman–Crippen LogP) is 2.77. The number of hydrogen-bond donors (Lipinski definition) is 1. The van der Waals surface area contributed by atoms with Crippen LogP contribution in [0, 0.1) is 5.82 Å². The molecule has 0 spiro atoms. The van der Waals surface area contributed by atoms with E-state index in [0.717, 1.165) is 25.2 Å². The summed E-state index contributed by atoms with van der Waals surface area (Å²) in [4.78, 5) is 2.39. The normalized spacial score (nSPS) is 26.1. The summed E-state index contributed by atoms with van der Waals surface area (Å²) in [5.74, 6) is -0.182. The van der Waals surface area contributed by atoms with E-state index in [-0.39, 0.29) is 5.82 Å². The Kier molecular flexibility index (Phi) is 4.17. The second kappa shape index (κ2) is 5.46. The zero-order valence-corrected chi connectivity index (χ0v) is 11.8. The van der Waals surface area contributed by atoms with Gasteiger partial charge >= 0.3 is 0 Å². The van der Waals surface area contributed by atoms with Crippen molar-refractivity contribution in [3.8, 4) is 0 Å². The molecule has 2 unspecified atom stereocenters. The van der Waals surface area contributed by atoms with Crippen molar-refractivity contribution >= 4 is 15.9 Å². The van der Waals surface area contributed by atoms with Crippen LogP contribution in [-0.4, -0.2) is 30.1 Å². The fraction of sp³-hybridized carbons (Fsp3) is 0.538. The maximum absolute atomic E-state index is 13.4. The first-order valence-electron chi connectivity index (χ1n) is 5.98. The van der Waals surface area contributed by atoms with Crippen molar-refractivity contribution in [3.05, 3.63) is 34.1 Å². The molecule has 1 aromatic carbocycles. The van der Waals surface area contributed by atoms with Gasteiger partial charge in [0.15, 0.2) is 0 Å². The van der Waals surface area contributed by atoms with Gasteiger partial charge in [0.05, 0.1) is 4.47 Å². The van der Waals surface area contributed by atoms with E-state index in [0.29, 0.717) is 16.6 Å². The summed E-state index contributed by atoms with van der Waals surface area (Å²) in [5.41, 5.74) is 1.02. The summed E-state index contributed by atoms with van der Waals surface area (Å²) < 4.78 is 14.0. The van der Waals surface area contributed by atoms with Crippen molar-refractivity contribution < 1.29 is 4.39 Å². The topological polar surface area (TPSA) is 15.3 Å². The number of nitrogens with zero attached hydrogens (tertiary/aromatic N) is 1. The summed E-state index contributed by atoms with van der Waals surface area (Å²) in [5, 5.41) is 3.45. The van der Waals surface area contributed by atoms with Gasteiger partial charge in [-0.05, 0) is 41.4 Å². The summed E-state index contributed by atoms with van der Waals surface area (Å²) in [6, 6.07) is 6.22. The van der Waals surface area contributed by atoms with Crippen LogP contribution in [0.15, 0.2) is 22.7 Å². The Morgan fingerprint density at radius 1 is 1.47 bits per heavy atom. The molecule has 0 amide bonds. The van der Waals surface area contributed by atoms with Crippen molar-refractivity contribution in [1.82, 2.24) is 10.2 Å². The van der Waals surface area contributed by atoms with Crippen LogP contribution in [-0.2, 0) is 6.54 Å². The van der Waals surface area contributed by atoms with Gasteiger partial charge in [-0.3, -0.25) is 4.90 Å². The van der Waals surface area contributed by atoms with Crippen LogP contribution in [0.4, 0.5) is 4.39 Å². The quantitative estimate of drug-likeness (QED) is 0.903. The highest BCUT2D eigenvalue weighted by molar-refractivity contribution is 9.10. The van der Waals surface area contributed by atoms with Crippen LogP contribution in [0.25, 0.3) is 0 Å². The zero-order chi connectivity index (χ0) is 12.4. The zero-order valence-electron chi connectivity index (χ0n) is 10.2. The lowest BCUT2D eigenvalue weighted by Crippen LogP contribution is -2.53. The largest absolute Gasteiger partial charge is 0.311 e. The third kappa shape index (κ3) is 3.06. The molecular weight excluding hydrogens is 283 g/mol. The molecule has 0 aliphatic carbocycles. The highest BCUT2D eigenvalue weighted by atomic mass is 79.9. The summed E-state index contributed by atoms with van der Waals surface area (Å²) >= 11 is 3.32. The lowest BCUT2D eigenvalue weighted by molar-refractivity contribution is 0.138. The maximum Gasteiger partial charge on any atom is 0.137 e. The Morgan fingerprint density at radius 3 is 3.00 bits per heavy atom. The van der Waals surface area contributed by atoms with E-state index in [9.17, 15) is 4.39 Å². The van der Waals surface area contributed by atoms with E-state index in [1.54, 1.807) is 6.07 Å². The number of halogens is 2. The Bertz CT molecular complexity index is 397. The molecule has 1 heterocycles. The molecule has 0 bridgehead atoms. The first kappa shape index (κ1) is 13.0. The second-order valence-electron chi connectivity index (χ2n) is 4.80. The van der Waals surface area contributed by atoms with E-state index < -0.39 is 0 Å². The molecule has 1 N–H and O–H groups in total. The fourth-order valence-corrected chi connectivity index (χ4v) is 2.60. The smallest absolute Gasteiger partial charge is 0.137 e. The lowest BCUT2D eigenvalue weighted by Gasteiger charge is -2.37. The first-order valence-corrected chi connectivity index (χ1v) is 6.77. The summed E-state index contributed by atoms with van der Waals surface area (Å²) in [6.45, 7) is 7.18. The third-order valence-electron chi connectivity index (χ3n) is 3.30. The van der Waals surface area contributed by atoms with Gasteiger partial charge in [-0.15, -0.1) is 0 Å². The molecule has 1 aromatic rings. The number of piperazine rings is 1. The van der Waals surface area contributed by atoms with Gasteiger partial charge in [0.25, 0.3) is 0 Å². The van der Waals surface area contributed by atoms with Crippen LogP contribution in [0.1, 0.15) is 19.4 Å². The van der Waals surface area contributed by atoms with E-state index in [1.807, 2.05) is 6.07 Å². The Hall–Kier alpha value is -0.450. The molecule has 4 heteroatoms. The van der Waals surface area contributed by atoms with Crippen molar-refractivity contribution in [2.45, 2.75) is 32.5 Å². The molecule has 94 valence electrons. The van der Waals surface area contributed by atoms with E-state index >= 15 is 0 Å². The van der Waals surface area contributed by atoms with Crippen molar-refractivity contribution in [1.29, 1.82) is 0 Å². The standard InChI is InChI=1S/C13H18BrFN2/c1-9-7-17(10(2)6-16-9)8-11-4-3-5-12(15)13(11)14/h3-5,9-10,16H,6-8H2,1-2H3. The summed E-state index contributed by atoms with van der Waals surface area (Å²) in [6.07, 6.45) is 0. The monoisotopic (exact) mass is 300 g/mol. The van der Waals surface area contributed by atoms with E-state index in [4.69, 9.17) is 0 Å². The fourth-order valence-electron chi connectivity index (χ4n) is 2.21. The average Bonchev–Trinajstić information content (AvgIpc) is 2.30. The minimum absolute atomic E-state index is 0.182. The van der Waals surface area contributed by atoms with Crippen LogP contribution in [0.5, 0.6) is 0 Å². The molecule has 1 fully saturated rings. The molecule has 0 aromatic heterocycles. The van der Waals surface area contributed by atoms with Gasteiger partial charge in [0, 0.05) is 31.7 Å². The molecular formula is C13H18BrFN2. The molecule has 1 aliphatic heterocycles. The van der Waals surface area contributed by atoms with Gasteiger partial charge in [-0.1, -0.05) is 12.1 Å². The van der Waals surface area contributed by atoms with Crippen LogP contribution < -0.4 is 5.32 Å². The van der Waals surface area contributed by atoms with Crippen molar-refractivity contribution in [2.24, 2.45) is 0 Å². The molecule has 0 radical (unpaired) electrons. The van der Waals surface area contributed by atoms with E-state index in [2.05, 4.69) is 40.0 Å². The van der Waals surface area contributed by atoms with Gasteiger partial charge in [0.1, 0.15) is 5.82 Å². The number of nitrogens with one attached hydrogen (secondary N) is 1. The maximum atomic E-state index is 13.4. The van der Waals surface area contributed by atoms with Crippen LogP contribution in [0.3, 0.4) is 0 Å². The number of rotatable bonds is 2. The molecule has 17 heavy (non-hydrogen) atoms. The van der Waals surface area contributed by atoms with Gasteiger partial charge < -0.3 is 5.32 Å². The SMILES string of the molecule is CC1CN(Cc2cccc(F)c2Br)C(C)CN1. The predicted molar refractivity (Wildman–Crippen MR) is 71.4 cm³/mol. The van der Waals surface area contributed by atoms with Gasteiger partial charge in [-0.25, -0.2) is 4.39 Å². The molecule has 1 saturated heterocycles. The van der Waals surface area contributed by atoms with Crippen molar-refractivity contribution in [3.63, 3.8) is 0 Å². The average molecular weight is 301 g/mol. The summed E-state index contributed by atoms with van der Waals surface area (Å²) in [7, 11) is 0. The Labute approximate surface area is 110 Å². The first-order chi connectivity index (χ1) is 8.08. The Balaban J connectivity index is 2.11. The molecule has 0 saturated carbocycles.